The minimum atomic E-state index is -1.76. The number of hydrogen-bond donors (Lipinski definition) is 5. The van der Waals surface area contributed by atoms with Gasteiger partial charge in [0.2, 0.25) is 11.8 Å². The summed E-state index contributed by atoms with van der Waals surface area (Å²) in [4.78, 5) is 32.9. The second-order valence-corrected chi connectivity index (χ2v) is 8.33. The van der Waals surface area contributed by atoms with Crippen molar-refractivity contribution >= 4 is 17.6 Å². The number of nitrogens with zero attached hydrogens (tertiary/aromatic N) is 2. The smallest absolute Gasteiger partial charge is 0.397 e. The molecule has 0 fully saturated rings. The fourth-order valence-electron chi connectivity index (χ4n) is 3.22. The van der Waals surface area contributed by atoms with Crippen molar-refractivity contribution in [2.75, 3.05) is 25.1 Å². The van der Waals surface area contributed by atoms with Gasteiger partial charge in [-0.05, 0) is 18.1 Å². The van der Waals surface area contributed by atoms with Gasteiger partial charge in [-0.15, -0.1) is 0 Å². The van der Waals surface area contributed by atoms with Crippen LogP contribution in [0.5, 0.6) is 17.8 Å². The lowest BCUT2D eigenvalue weighted by atomic mass is 10.1. The summed E-state index contributed by atoms with van der Waals surface area (Å²) in [5, 5.41) is 41.2. The Kier molecular flexibility index (Phi) is 11.6. The molecule has 3 rings (SSSR count). The second-order valence-electron chi connectivity index (χ2n) is 8.33. The molecule has 0 aliphatic heterocycles. The number of rotatable bonds is 14. The third-order valence-corrected chi connectivity index (χ3v) is 5.32. The number of amides is 1. The molecule has 1 aromatic heterocycles. The summed E-state index contributed by atoms with van der Waals surface area (Å²) in [6.07, 6.45) is -5.07. The number of aliphatic hydroxyl groups is 4. The summed E-state index contributed by atoms with van der Waals surface area (Å²) >= 11 is 0. The number of aromatic nitrogens is 2. The van der Waals surface area contributed by atoms with E-state index in [1.807, 2.05) is 36.4 Å². The molecule has 5 N–H and O–H groups in total. The first kappa shape index (κ1) is 30.2. The third-order valence-electron chi connectivity index (χ3n) is 5.32. The predicted molar refractivity (Wildman–Crippen MR) is 139 cm³/mol. The maximum absolute atomic E-state index is 12.5. The van der Waals surface area contributed by atoms with Crippen LogP contribution in [-0.4, -0.2) is 80.4 Å². The summed E-state index contributed by atoms with van der Waals surface area (Å²) in [5.74, 6) is -2.95. The summed E-state index contributed by atoms with van der Waals surface area (Å²) in [5.41, 5.74) is 1.29. The molecule has 0 aliphatic rings. The van der Waals surface area contributed by atoms with Crippen LogP contribution in [-0.2, 0) is 27.5 Å². The van der Waals surface area contributed by atoms with E-state index in [1.165, 1.54) is 6.92 Å². The molecule has 13 nitrogen and oxygen atoms in total. The molecule has 0 bridgehead atoms. The molecule has 0 unspecified atom stereocenters. The van der Waals surface area contributed by atoms with Gasteiger partial charge in [0.05, 0.1) is 13.2 Å². The van der Waals surface area contributed by atoms with Gasteiger partial charge in [-0.25, -0.2) is 4.79 Å². The van der Waals surface area contributed by atoms with E-state index in [4.69, 9.17) is 24.1 Å². The van der Waals surface area contributed by atoms with Gasteiger partial charge in [0.1, 0.15) is 38.1 Å². The molecule has 3 aromatic rings. The molecule has 0 saturated carbocycles. The van der Waals surface area contributed by atoms with Crippen LogP contribution in [0.25, 0.3) is 0 Å². The quantitative estimate of drug-likeness (QED) is 0.137. The Morgan fingerprint density at radius 1 is 0.825 bits per heavy atom. The summed E-state index contributed by atoms with van der Waals surface area (Å²) in [6.45, 7) is 0.102. The molecule has 214 valence electrons. The number of esters is 1. The molecule has 0 radical (unpaired) electrons. The van der Waals surface area contributed by atoms with E-state index in [1.54, 1.807) is 24.3 Å². The van der Waals surface area contributed by atoms with Crippen molar-refractivity contribution < 1.29 is 49.0 Å². The molecule has 3 atom stereocenters. The normalized spacial score (nSPS) is 13.0. The lowest BCUT2D eigenvalue weighted by Gasteiger charge is -2.22. The lowest BCUT2D eigenvalue weighted by Crippen LogP contribution is -2.42. The Balaban J connectivity index is 1.96. The maximum atomic E-state index is 12.5. The van der Waals surface area contributed by atoms with Crippen LogP contribution in [0.1, 0.15) is 18.1 Å². The van der Waals surface area contributed by atoms with Crippen LogP contribution in [0.4, 0.5) is 5.69 Å². The molecule has 1 heterocycles. The lowest BCUT2D eigenvalue weighted by molar-refractivity contribution is -0.152. The minimum absolute atomic E-state index is 0.00171. The predicted octanol–water partition coefficient (Wildman–Crippen LogP) is 0.590. The SMILES string of the molecule is CCOC(=O)C(=O)Nc1c(OCc2ccccc2)nc(OCc2ccccc2)nc1OC[C@H](O)[C@H](O)[C@H](O)CO. The highest BCUT2D eigenvalue weighted by Crippen LogP contribution is 2.34. The number of anilines is 1. The highest BCUT2D eigenvalue weighted by molar-refractivity contribution is 6.37. The average Bonchev–Trinajstić information content (AvgIpc) is 2.98. The number of carbonyl (C=O) groups excluding carboxylic acids is 2. The molecular formula is C27H31N3O10. The van der Waals surface area contributed by atoms with Gasteiger partial charge in [-0.2, -0.15) is 9.97 Å². The van der Waals surface area contributed by atoms with Crippen LogP contribution < -0.4 is 19.5 Å². The zero-order chi connectivity index (χ0) is 28.9. The number of carbonyl (C=O) groups is 2. The second kappa shape index (κ2) is 15.3. The van der Waals surface area contributed by atoms with Crippen molar-refractivity contribution in [3.8, 4) is 17.8 Å². The highest BCUT2D eigenvalue weighted by atomic mass is 16.5. The fourth-order valence-corrected chi connectivity index (χ4v) is 3.22. The third kappa shape index (κ3) is 8.88. The van der Waals surface area contributed by atoms with E-state index >= 15 is 0 Å². The first-order valence-electron chi connectivity index (χ1n) is 12.3. The average molecular weight is 558 g/mol. The van der Waals surface area contributed by atoms with Crippen LogP contribution in [0.15, 0.2) is 60.7 Å². The van der Waals surface area contributed by atoms with Gasteiger partial charge in [0.15, 0.2) is 5.69 Å². The summed E-state index contributed by atoms with van der Waals surface area (Å²) in [7, 11) is 0. The molecule has 13 heteroatoms. The van der Waals surface area contributed by atoms with Gasteiger partial charge in [-0.1, -0.05) is 60.7 Å². The zero-order valence-corrected chi connectivity index (χ0v) is 21.7. The maximum Gasteiger partial charge on any atom is 0.397 e. The van der Waals surface area contributed by atoms with Gasteiger partial charge >= 0.3 is 17.9 Å². The molecule has 0 aliphatic carbocycles. The number of hydrogen-bond acceptors (Lipinski definition) is 12. The number of ether oxygens (including phenoxy) is 4. The van der Waals surface area contributed by atoms with E-state index in [0.29, 0.717) is 0 Å². The number of nitrogens with one attached hydrogen (secondary N) is 1. The highest BCUT2D eigenvalue weighted by Gasteiger charge is 2.28. The van der Waals surface area contributed by atoms with Crippen molar-refractivity contribution in [3.05, 3.63) is 71.8 Å². The van der Waals surface area contributed by atoms with Gasteiger partial charge in [0, 0.05) is 0 Å². The Bertz CT molecular complexity index is 1230. The molecule has 1 amide bonds. The van der Waals surface area contributed by atoms with Crippen molar-refractivity contribution in [2.24, 2.45) is 0 Å². The van der Waals surface area contributed by atoms with E-state index in [0.717, 1.165) is 11.1 Å². The van der Waals surface area contributed by atoms with Crippen LogP contribution in [0, 0.1) is 0 Å². The van der Waals surface area contributed by atoms with E-state index in [9.17, 15) is 24.9 Å². The summed E-state index contributed by atoms with van der Waals surface area (Å²) < 4.78 is 21.9. The summed E-state index contributed by atoms with van der Waals surface area (Å²) in [6, 6.07) is 17.9. The largest absolute Gasteiger partial charge is 0.473 e. The van der Waals surface area contributed by atoms with Crippen molar-refractivity contribution in [2.45, 2.75) is 38.4 Å². The van der Waals surface area contributed by atoms with E-state index in [-0.39, 0.29) is 43.3 Å². The van der Waals surface area contributed by atoms with E-state index < -0.39 is 43.4 Å². The minimum Gasteiger partial charge on any atom is -0.473 e. The van der Waals surface area contributed by atoms with Gasteiger partial charge in [-0.3, -0.25) is 4.79 Å². The van der Waals surface area contributed by atoms with Crippen molar-refractivity contribution in [1.29, 1.82) is 0 Å². The van der Waals surface area contributed by atoms with Crippen molar-refractivity contribution in [3.63, 3.8) is 0 Å². The Morgan fingerprint density at radius 3 is 1.93 bits per heavy atom. The van der Waals surface area contributed by atoms with Gasteiger partial charge in [0.25, 0.3) is 0 Å². The standard InChI is InChI=1S/C27H31N3O10/c1-2-37-26(36)23(35)28-21-24(38-14-17-9-5-3-6-10-17)29-27(40-15-18-11-7-4-8-12-18)30-25(21)39-16-20(33)22(34)19(32)13-31/h3-12,19-20,22,31-34H,2,13-16H2,1H3,(H,28,35)/t19-,20+,22-/m1/s1. The van der Waals surface area contributed by atoms with E-state index in [2.05, 4.69) is 15.3 Å². The Morgan fingerprint density at radius 2 is 1.38 bits per heavy atom. The molecule has 0 saturated heterocycles. The van der Waals surface area contributed by atoms with Crippen LogP contribution >= 0.6 is 0 Å². The number of benzene rings is 2. The van der Waals surface area contributed by atoms with Gasteiger partial charge < -0.3 is 44.7 Å². The topological polar surface area (TPSA) is 190 Å². The monoisotopic (exact) mass is 557 g/mol. The molecular weight excluding hydrogens is 526 g/mol. The first-order valence-corrected chi connectivity index (χ1v) is 12.3. The Hall–Kier alpha value is -4.30. The molecule has 40 heavy (non-hydrogen) atoms. The molecule has 2 aromatic carbocycles. The molecule has 0 spiro atoms. The fraction of sp³-hybridized carbons (Fsp3) is 0.333. The van der Waals surface area contributed by atoms with Crippen LogP contribution in [0.2, 0.25) is 0 Å². The van der Waals surface area contributed by atoms with Crippen molar-refractivity contribution in [1.82, 2.24) is 9.97 Å². The Labute approximate surface area is 230 Å². The first-order chi connectivity index (χ1) is 19.3. The van der Waals surface area contributed by atoms with Crippen LogP contribution in [0.3, 0.4) is 0 Å². The number of aliphatic hydroxyl groups excluding tert-OH is 4. The zero-order valence-electron chi connectivity index (χ0n) is 21.7.